The normalized spacial score (nSPS) is 12.5. The van der Waals surface area contributed by atoms with Crippen LogP contribution in [0.15, 0.2) is 12.1 Å². The van der Waals surface area contributed by atoms with Gasteiger partial charge in [-0.15, -0.1) is 0 Å². The smallest absolute Gasteiger partial charge is 0.241 e. The molecule has 0 fully saturated rings. The molecule has 0 heterocycles. The van der Waals surface area contributed by atoms with Crippen molar-refractivity contribution < 1.29 is 19.4 Å². The van der Waals surface area contributed by atoms with E-state index in [2.05, 4.69) is 5.32 Å². The Kier molecular flexibility index (Phi) is 3.90. The molecule has 0 aliphatic heterocycles. The Morgan fingerprint density at radius 1 is 1.41 bits per heavy atom. The molecule has 1 aromatic carbocycles. The molecule has 1 rings (SSSR count). The van der Waals surface area contributed by atoms with Crippen LogP contribution in [0.2, 0.25) is 0 Å². The first-order chi connectivity index (χ1) is 7.84. The summed E-state index contributed by atoms with van der Waals surface area (Å²) in [5, 5.41) is 20.8. The molecule has 0 saturated carbocycles. The van der Waals surface area contributed by atoms with Gasteiger partial charge >= 0.3 is 0 Å². The monoisotopic (exact) mass is 242 g/mol. The highest BCUT2D eigenvalue weighted by molar-refractivity contribution is 5.83. The molecule has 17 heavy (non-hydrogen) atoms. The van der Waals surface area contributed by atoms with Gasteiger partial charge in [0.1, 0.15) is 6.04 Å². The molecule has 94 valence electrons. The highest BCUT2D eigenvalue weighted by atomic mass is 19.1. The predicted molar refractivity (Wildman–Crippen MR) is 59.9 cm³/mol. The topological polar surface area (TPSA) is 95.6 Å². The fourth-order valence-electron chi connectivity index (χ4n) is 1.33. The average molecular weight is 242 g/mol. The predicted octanol–water partition coefficient (Wildman–Crippen LogP) is 0.761. The van der Waals surface area contributed by atoms with E-state index in [0.29, 0.717) is 0 Å². The first-order valence-electron chi connectivity index (χ1n) is 5.11. The number of hydrogen-bond acceptors (Lipinski definition) is 4. The quantitative estimate of drug-likeness (QED) is 0.588. The van der Waals surface area contributed by atoms with Gasteiger partial charge in [0.2, 0.25) is 5.91 Å². The standard InChI is InChI=1S/C11H15FN2O3/c1-5(2)14-11(17)9(13)6-3-4-7(15)10(16)8(6)12/h3-5,9,15-16H,13H2,1-2H3,(H,14,17). The molecule has 0 bridgehead atoms. The molecule has 0 radical (unpaired) electrons. The lowest BCUT2D eigenvalue weighted by molar-refractivity contribution is -0.123. The number of benzene rings is 1. The third-order valence-corrected chi connectivity index (χ3v) is 2.17. The molecule has 1 atom stereocenters. The molecule has 1 amide bonds. The zero-order valence-corrected chi connectivity index (χ0v) is 9.57. The van der Waals surface area contributed by atoms with Crippen LogP contribution in [-0.2, 0) is 4.79 Å². The third kappa shape index (κ3) is 2.85. The summed E-state index contributed by atoms with van der Waals surface area (Å²) in [6.07, 6.45) is 0. The Balaban J connectivity index is 3.01. The van der Waals surface area contributed by atoms with Crippen LogP contribution < -0.4 is 11.1 Å². The van der Waals surface area contributed by atoms with Gasteiger partial charge < -0.3 is 21.3 Å². The van der Waals surface area contributed by atoms with Crippen molar-refractivity contribution in [3.8, 4) is 11.5 Å². The Hall–Kier alpha value is -1.82. The number of halogens is 1. The molecule has 1 unspecified atom stereocenters. The largest absolute Gasteiger partial charge is 0.504 e. The highest BCUT2D eigenvalue weighted by Crippen LogP contribution is 2.31. The van der Waals surface area contributed by atoms with Gasteiger partial charge in [-0.25, -0.2) is 4.39 Å². The second-order valence-corrected chi connectivity index (χ2v) is 3.98. The molecule has 0 aliphatic rings. The summed E-state index contributed by atoms with van der Waals surface area (Å²) in [4.78, 5) is 11.6. The van der Waals surface area contributed by atoms with Gasteiger partial charge in [0, 0.05) is 11.6 Å². The number of nitrogens with two attached hydrogens (primary N) is 1. The van der Waals surface area contributed by atoms with Gasteiger partial charge in [0.15, 0.2) is 17.3 Å². The number of hydrogen-bond donors (Lipinski definition) is 4. The van der Waals surface area contributed by atoms with Crippen LogP contribution in [0.1, 0.15) is 25.5 Å². The fourth-order valence-corrected chi connectivity index (χ4v) is 1.33. The Morgan fingerprint density at radius 2 is 2.00 bits per heavy atom. The van der Waals surface area contributed by atoms with Crippen molar-refractivity contribution in [2.75, 3.05) is 0 Å². The number of rotatable bonds is 3. The first-order valence-corrected chi connectivity index (χ1v) is 5.11. The molecule has 0 saturated heterocycles. The third-order valence-electron chi connectivity index (χ3n) is 2.17. The number of carbonyl (C=O) groups is 1. The molecule has 0 spiro atoms. The Morgan fingerprint density at radius 3 is 2.53 bits per heavy atom. The van der Waals surface area contributed by atoms with Gasteiger partial charge in [0.05, 0.1) is 0 Å². The Labute approximate surface area is 98.1 Å². The van der Waals surface area contributed by atoms with Gasteiger partial charge in [-0.1, -0.05) is 6.07 Å². The van der Waals surface area contributed by atoms with Gasteiger partial charge in [-0.2, -0.15) is 0 Å². The molecular formula is C11H15FN2O3. The van der Waals surface area contributed by atoms with Crippen LogP contribution >= 0.6 is 0 Å². The number of nitrogens with one attached hydrogen (secondary N) is 1. The Bertz CT molecular complexity index is 435. The highest BCUT2D eigenvalue weighted by Gasteiger charge is 2.23. The fraction of sp³-hybridized carbons (Fsp3) is 0.364. The zero-order valence-electron chi connectivity index (χ0n) is 9.57. The summed E-state index contributed by atoms with van der Waals surface area (Å²) < 4.78 is 13.5. The van der Waals surface area contributed by atoms with Gasteiger partial charge in [-0.3, -0.25) is 4.79 Å². The van der Waals surface area contributed by atoms with Crippen molar-refractivity contribution in [3.63, 3.8) is 0 Å². The number of carbonyl (C=O) groups excluding carboxylic acids is 1. The first kappa shape index (κ1) is 13.2. The number of amides is 1. The van der Waals surface area contributed by atoms with Crippen molar-refractivity contribution in [1.29, 1.82) is 0 Å². The second kappa shape index (κ2) is 5.01. The van der Waals surface area contributed by atoms with Crippen LogP contribution in [0.25, 0.3) is 0 Å². The van der Waals surface area contributed by atoms with E-state index in [1.54, 1.807) is 13.8 Å². The lowest BCUT2D eigenvalue weighted by Gasteiger charge is -2.16. The minimum absolute atomic E-state index is 0.123. The van der Waals surface area contributed by atoms with E-state index in [0.717, 1.165) is 12.1 Å². The van der Waals surface area contributed by atoms with Crippen molar-refractivity contribution in [2.24, 2.45) is 5.73 Å². The molecule has 0 aromatic heterocycles. The van der Waals surface area contributed by atoms with Crippen LogP contribution in [-0.4, -0.2) is 22.2 Å². The van der Waals surface area contributed by atoms with Crippen molar-refractivity contribution in [2.45, 2.75) is 25.9 Å². The average Bonchev–Trinajstić information content (AvgIpc) is 2.24. The van der Waals surface area contributed by atoms with Crippen molar-refractivity contribution >= 4 is 5.91 Å². The molecule has 0 aliphatic carbocycles. The van der Waals surface area contributed by atoms with Gasteiger partial charge in [0.25, 0.3) is 0 Å². The minimum atomic E-state index is -1.23. The number of aromatic hydroxyl groups is 2. The number of phenols is 2. The summed E-state index contributed by atoms with van der Waals surface area (Å²) in [5.41, 5.74) is 5.39. The summed E-state index contributed by atoms with van der Waals surface area (Å²) in [6.45, 7) is 3.49. The minimum Gasteiger partial charge on any atom is -0.504 e. The van der Waals surface area contributed by atoms with E-state index in [1.165, 1.54) is 0 Å². The van der Waals surface area contributed by atoms with Crippen molar-refractivity contribution in [3.05, 3.63) is 23.5 Å². The molecule has 6 heteroatoms. The van der Waals surface area contributed by atoms with Crippen LogP contribution in [0.5, 0.6) is 11.5 Å². The molecule has 1 aromatic rings. The van der Waals surface area contributed by atoms with Crippen LogP contribution in [0, 0.1) is 5.82 Å². The maximum atomic E-state index is 13.5. The van der Waals surface area contributed by atoms with Crippen LogP contribution in [0.4, 0.5) is 4.39 Å². The molecule has 5 N–H and O–H groups in total. The second-order valence-electron chi connectivity index (χ2n) is 3.98. The molecular weight excluding hydrogens is 227 g/mol. The van der Waals surface area contributed by atoms with Gasteiger partial charge in [-0.05, 0) is 19.9 Å². The summed E-state index contributed by atoms with van der Waals surface area (Å²) in [5.74, 6) is -3.14. The van der Waals surface area contributed by atoms with E-state index in [9.17, 15) is 14.3 Å². The van der Waals surface area contributed by atoms with E-state index in [4.69, 9.17) is 10.8 Å². The van der Waals surface area contributed by atoms with E-state index < -0.39 is 29.3 Å². The van der Waals surface area contributed by atoms with E-state index in [1.807, 2.05) is 0 Å². The maximum absolute atomic E-state index is 13.5. The molecule has 5 nitrogen and oxygen atoms in total. The van der Waals surface area contributed by atoms with E-state index >= 15 is 0 Å². The summed E-state index contributed by atoms with van der Waals surface area (Å²) >= 11 is 0. The van der Waals surface area contributed by atoms with Crippen molar-refractivity contribution in [1.82, 2.24) is 5.32 Å². The summed E-state index contributed by atoms with van der Waals surface area (Å²) in [7, 11) is 0. The number of phenolic OH excluding ortho intramolecular Hbond substituents is 2. The lowest BCUT2D eigenvalue weighted by Crippen LogP contribution is -2.38. The SMILES string of the molecule is CC(C)NC(=O)C(N)c1ccc(O)c(O)c1F. The maximum Gasteiger partial charge on any atom is 0.241 e. The van der Waals surface area contributed by atoms with Crippen LogP contribution in [0.3, 0.4) is 0 Å². The lowest BCUT2D eigenvalue weighted by atomic mass is 10.1. The van der Waals surface area contributed by atoms with E-state index in [-0.39, 0.29) is 11.6 Å². The zero-order chi connectivity index (χ0) is 13.2. The summed E-state index contributed by atoms with van der Waals surface area (Å²) in [6, 6.07) is 0.886.